The van der Waals surface area contributed by atoms with Gasteiger partial charge in [0.05, 0.1) is 42.2 Å². The van der Waals surface area contributed by atoms with Crippen molar-refractivity contribution in [1.82, 2.24) is 0 Å². The summed E-state index contributed by atoms with van der Waals surface area (Å²) in [5, 5.41) is 0. The zero-order chi connectivity index (χ0) is 24.5. The Labute approximate surface area is 194 Å². The van der Waals surface area contributed by atoms with Gasteiger partial charge >= 0.3 is 0 Å². The molecule has 188 valence electrons. The van der Waals surface area contributed by atoms with E-state index in [-0.39, 0.29) is 40.3 Å². The molecule has 31 heavy (non-hydrogen) atoms. The first-order chi connectivity index (χ1) is 13.8. The highest BCUT2D eigenvalue weighted by Crippen LogP contribution is 2.30. The van der Waals surface area contributed by atoms with Gasteiger partial charge in [0, 0.05) is 6.61 Å². The van der Waals surface area contributed by atoms with Crippen LogP contribution in [0.1, 0.15) is 102 Å². The fourth-order valence-corrected chi connectivity index (χ4v) is 3.54. The van der Waals surface area contributed by atoms with Crippen molar-refractivity contribution in [2.75, 3.05) is 26.4 Å². The molecule has 0 saturated carbocycles. The van der Waals surface area contributed by atoms with E-state index in [9.17, 15) is 0 Å². The fraction of sp³-hybridized carbons (Fsp3) is 1.00. The van der Waals surface area contributed by atoms with E-state index in [0.717, 1.165) is 19.3 Å². The summed E-state index contributed by atoms with van der Waals surface area (Å²) in [6.07, 6.45) is 2.87. The quantitative estimate of drug-likeness (QED) is 0.336. The molecule has 0 amide bonds. The van der Waals surface area contributed by atoms with Gasteiger partial charge in [-0.1, -0.05) is 20.8 Å². The average Bonchev–Trinajstić information content (AvgIpc) is 2.53. The van der Waals surface area contributed by atoms with Gasteiger partial charge in [0.1, 0.15) is 0 Å². The molecule has 0 heterocycles. The molecule has 2 unspecified atom stereocenters. The second-order valence-electron chi connectivity index (χ2n) is 12.7. The van der Waals surface area contributed by atoms with E-state index in [1.54, 1.807) is 0 Å². The van der Waals surface area contributed by atoms with Crippen LogP contribution in [0.15, 0.2) is 0 Å². The molecule has 5 nitrogen and oxygen atoms in total. The fourth-order valence-electron chi connectivity index (χ4n) is 3.54. The summed E-state index contributed by atoms with van der Waals surface area (Å²) in [7, 11) is 0. The molecule has 0 fully saturated rings. The van der Waals surface area contributed by atoms with E-state index in [1.807, 2.05) is 0 Å². The predicted octanol–water partition coefficient (Wildman–Crippen LogP) is 5.98. The van der Waals surface area contributed by atoms with Crippen molar-refractivity contribution in [3.8, 4) is 0 Å². The van der Waals surface area contributed by atoms with Crippen LogP contribution in [0.5, 0.6) is 0 Å². The van der Waals surface area contributed by atoms with E-state index < -0.39 is 0 Å². The molecule has 2 atom stereocenters. The van der Waals surface area contributed by atoms with Crippen LogP contribution in [0.25, 0.3) is 0 Å². The minimum Gasteiger partial charge on any atom is -0.378 e. The maximum absolute atomic E-state index is 6.64. The molecule has 0 aromatic rings. The molecule has 2 N–H and O–H groups in total. The molecule has 0 aromatic heterocycles. The lowest BCUT2D eigenvalue weighted by Gasteiger charge is -2.37. The number of hydrogen-bond acceptors (Lipinski definition) is 5. The molecule has 0 radical (unpaired) electrons. The summed E-state index contributed by atoms with van der Waals surface area (Å²) < 4.78 is 24.7. The Hall–Kier alpha value is -0.200. The summed E-state index contributed by atoms with van der Waals surface area (Å²) >= 11 is 0. The third-order valence-corrected chi connectivity index (χ3v) is 5.00. The van der Waals surface area contributed by atoms with Crippen molar-refractivity contribution in [2.45, 2.75) is 131 Å². The normalized spacial score (nSPS) is 16.1. The Bertz CT molecular complexity index is 475. The molecule has 0 bridgehead atoms. The topological polar surface area (TPSA) is 62.9 Å². The van der Waals surface area contributed by atoms with Crippen molar-refractivity contribution in [3.63, 3.8) is 0 Å². The first kappa shape index (κ1) is 30.8. The smallest absolute Gasteiger partial charge is 0.0821 e. The molecule has 0 aliphatic rings. The van der Waals surface area contributed by atoms with Gasteiger partial charge in [-0.3, -0.25) is 0 Å². The second-order valence-corrected chi connectivity index (χ2v) is 12.7. The number of hydrogen-bond donors (Lipinski definition) is 1. The first-order valence-corrected chi connectivity index (χ1v) is 12.1. The van der Waals surface area contributed by atoms with Gasteiger partial charge in [-0.05, 0) is 99.5 Å². The Morgan fingerprint density at radius 1 is 0.742 bits per heavy atom. The van der Waals surface area contributed by atoms with Gasteiger partial charge in [0.25, 0.3) is 0 Å². The highest BCUT2D eigenvalue weighted by atomic mass is 16.6. The summed E-state index contributed by atoms with van der Waals surface area (Å²) in [6.45, 7) is 28.2. The van der Waals surface area contributed by atoms with Crippen molar-refractivity contribution in [3.05, 3.63) is 0 Å². The molecule has 0 aliphatic carbocycles. The number of ether oxygens (including phenoxy) is 4. The summed E-state index contributed by atoms with van der Waals surface area (Å²) in [6, 6.07) is 0. The highest BCUT2D eigenvalue weighted by Gasteiger charge is 2.31. The third-order valence-electron chi connectivity index (χ3n) is 5.00. The van der Waals surface area contributed by atoms with Crippen LogP contribution >= 0.6 is 0 Å². The maximum atomic E-state index is 6.64. The first-order valence-electron chi connectivity index (χ1n) is 12.1. The lowest BCUT2D eigenvalue weighted by molar-refractivity contribution is -0.151. The minimum absolute atomic E-state index is 0.0160. The molecular formula is C26H55NO4. The Morgan fingerprint density at radius 2 is 1.32 bits per heavy atom. The predicted molar refractivity (Wildman–Crippen MR) is 132 cm³/mol. The summed E-state index contributed by atoms with van der Waals surface area (Å²) in [4.78, 5) is 0. The van der Waals surface area contributed by atoms with Crippen molar-refractivity contribution in [2.24, 2.45) is 17.1 Å². The van der Waals surface area contributed by atoms with Crippen LogP contribution < -0.4 is 5.73 Å². The lowest BCUT2D eigenvalue weighted by atomic mass is 9.88. The number of rotatable bonds is 15. The van der Waals surface area contributed by atoms with E-state index in [1.165, 1.54) is 0 Å². The Kier molecular flexibility index (Phi) is 12.8. The van der Waals surface area contributed by atoms with E-state index in [0.29, 0.717) is 26.4 Å². The van der Waals surface area contributed by atoms with Gasteiger partial charge in [-0.2, -0.15) is 0 Å². The van der Waals surface area contributed by atoms with Crippen LogP contribution in [0.3, 0.4) is 0 Å². The summed E-state index contributed by atoms with van der Waals surface area (Å²) in [5.74, 6) is 0.277. The van der Waals surface area contributed by atoms with E-state index in [2.05, 4.69) is 83.1 Å². The van der Waals surface area contributed by atoms with Gasteiger partial charge in [0.15, 0.2) is 0 Å². The maximum Gasteiger partial charge on any atom is 0.0821 e. The molecule has 5 heteroatoms. The standard InChI is InChI=1S/C26H55NO4/c1-20(2)28-18-21(17-27)15-26(11,12)31-22(16-23(3,4)5)19-30-25(9,10)13-14-29-24(6,7)8/h20-22H,13-19,27H2,1-12H3. The highest BCUT2D eigenvalue weighted by molar-refractivity contribution is 4.80. The zero-order valence-corrected chi connectivity index (χ0v) is 22.9. The molecule has 0 aromatic carbocycles. The number of nitrogens with two attached hydrogens (primary N) is 1. The van der Waals surface area contributed by atoms with E-state index >= 15 is 0 Å². The van der Waals surface area contributed by atoms with Crippen molar-refractivity contribution < 1.29 is 18.9 Å². The van der Waals surface area contributed by atoms with Crippen molar-refractivity contribution in [1.29, 1.82) is 0 Å². The SMILES string of the molecule is CC(C)OCC(CN)CC(C)(C)OC(COC(C)(C)CCOC(C)(C)C)CC(C)(C)C. The van der Waals surface area contributed by atoms with Crippen LogP contribution in [-0.2, 0) is 18.9 Å². The molecule has 0 spiro atoms. The van der Waals surface area contributed by atoms with Gasteiger partial charge in [-0.15, -0.1) is 0 Å². The van der Waals surface area contributed by atoms with Gasteiger partial charge in [-0.25, -0.2) is 0 Å². The Balaban J connectivity index is 4.97. The van der Waals surface area contributed by atoms with E-state index in [4.69, 9.17) is 24.7 Å². The molecule has 0 saturated heterocycles. The monoisotopic (exact) mass is 445 g/mol. The summed E-state index contributed by atoms with van der Waals surface area (Å²) in [5.41, 5.74) is 5.48. The molecule has 0 aliphatic heterocycles. The zero-order valence-electron chi connectivity index (χ0n) is 22.9. The van der Waals surface area contributed by atoms with Crippen LogP contribution in [-0.4, -0.2) is 55.4 Å². The van der Waals surface area contributed by atoms with Gasteiger partial charge in [0.2, 0.25) is 0 Å². The molecular weight excluding hydrogens is 390 g/mol. The second kappa shape index (κ2) is 12.9. The van der Waals surface area contributed by atoms with Crippen LogP contribution in [0.2, 0.25) is 0 Å². The Morgan fingerprint density at radius 3 is 1.77 bits per heavy atom. The van der Waals surface area contributed by atoms with Crippen LogP contribution in [0.4, 0.5) is 0 Å². The van der Waals surface area contributed by atoms with Gasteiger partial charge < -0.3 is 24.7 Å². The lowest BCUT2D eigenvalue weighted by Crippen LogP contribution is -2.41. The minimum atomic E-state index is -0.302. The molecule has 0 rings (SSSR count). The average molecular weight is 446 g/mol. The van der Waals surface area contributed by atoms with Crippen LogP contribution in [0, 0.1) is 11.3 Å². The third kappa shape index (κ3) is 18.0. The largest absolute Gasteiger partial charge is 0.378 e. The van der Waals surface area contributed by atoms with Crippen molar-refractivity contribution >= 4 is 0 Å².